The molecule has 1 aliphatic rings. The Morgan fingerprint density at radius 2 is 1.86 bits per heavy atom. The highest BCUT2D eigenvalue weighted by Crippen LogP contribution is 2.26. The number of hydrogen-bond donors (Lipinski definition) is 0. The van der Waals surface area contributed by atoms with Crippen LogP contribution >= 0.6 is 11.6 Å². The van der Waals surface area contributed by atoms with E-state index >= 15 is 0 Å². The zero-order valence-electron chi connectivity index (χ0n) is 16.6. The molecule has 3 rings (SSSR count). The number of piperidine rings is 1. The van der Waals surface area contributed by atoms with Crippen LogP contribution < -0.4 is 4.90 Å². The Kier molecular flexibility index (Phi) is 7.08. The molecule has 1 aliphatic heterocycles. The second kappa shape index (κ2) is 9.53. The quantitative estimate of drug-likeness (QED) is 0.634. The second-order valence-corrected chi connectivity index (χ2v) is 8.36. The van der Waals surface area contributed by atoms with Gasteiger partial charge in [-0.1, -0.05) is 49.7 Å². The zero-order chi connectivity index (χ0) is 20.1. The van der Waals surface area contributed by atoms with Gasteiger partial charge < -0.3 is 4.90 Å². The molecule has 1 fully saturated rings. The predicted molar refractivity (Wildman–Crippen MR) is 113 cm³/mol. The maximum atomic E-state index is 13.4. The van der Waals surface area contributed by atoms with Crippen molar-refractivity contribution in [2.45, 2.75) is 45.7 Å². The molecule has 1 saturated heterocycles. The Hall–Kier alpha value is -1.91. The third-order valence-corrected chi connectivity index (χ3v) is 5.49. The Labute approximate surface area is 172 Å². The van der Waals surface area contributed by atoms with Crippen molar-refractivity contribution >= 4 is 23.2 Å². The summed E-state index contributed by atoms with van der Waals surface area (Å²) in [6, 6.07) is 15.1. The highest BCUT2D eigenvalue weighted by molar-refractivity contribution is 6.30. The van der Waals surface area contributed by atoms with E-state index in [1.54, 1.807) is 12.1 Å². The van der Waals surface area contributed by atoms with Crippen LogP contribution in [0.4, 0.5) is 10.1 Å². The van der Waals surface area contributed by atoms with Crippen LogP contribution in [0.15, 0.2) is 48.5 Å². The number of halogens is 2. The lowest BCUT2D eigenvalue weighted by Gasteiger charge is -2.39. The van der Waals surface area contributed by atoms with Crippen molar-refractivity contribution in [1.29, 1.82) is 0 Å². The topological polar surface area (TPSA) is 23.6 Å². The fourth-order valence-electron chi connectivity index (χ4n) is 3.83. The first-order valence-electron chi connectivity index (χ1n) is 9.97. The van der Waals surface area contributed by atoms with E-state index in [2.05, 4.69) is 18.7 Å². The first-order valence-corrected chi connectivity index (χ1v) is 10.3. The Morgan fingerprint density at radius 1 is 1.18 bits per heavy atom. The molecule has 0 N–H and O–H groups in total. The van der Waals surface area contributed by atoms with Crippen molar-refractivity contribution in [3.8, 4) is 0 Å². The van der Waals surface area contributed by atoms with Gasteiger partial charge in [0, 0.05) is 37.8 Å². The van der Waals surface area contributed by atoms with E-state index in [1.165, 1.54) is 6.07 Å². The summed E-state index contributed by atoms with van der Waals surface area (Å²) < 4.78 is 13.4. The van der Waals surface area contributed by atoms with E-state index in [-0.39, 0.29) is 22.8 Å². The lowest BCUT2D eigenvalue weighted by Crippen LogP contribution is -2.47. The summed E-state index contributed by atoms with van der Waals surface area (Å²) >= 11 is 5.90. The fourth-order valence-corrected chi connectivity index (χ4v) is 4.03. The average Bonchev–Trinajstić information content (AvgIpc) is 2.67. The molecule has 28 heavy (non-hydrogen) atoms. The molecule has 0 saturated carbocycles. The molecule has 150 valence electrons. The smallest absolute Gasteiger partial charge is 0.227 e. The Bertz CT molecular complexity index is 788. The lowest BCUT2D eigenvalue weighted by atomic mass is 9.99. The lowest BCUT2D eigenvalue weighted by molar-refractivity contribution is -0.120. The predicted octanol–water partition coefficient (Wildman–Crippen LogP) is 5.52. The molecule has 0 aromatic heterocycles. The van der Waals surface area contributed by atoms with Gasteiger partial charge in [0.05, 0.1) is 5.02 Å². The van der Waals surface area contributed by atoms with E-state index in [0.29, 0.717) is 12.3 Å². The largest absolute Gasteiger partial charge is 0.309 e. The van der Waals surface area contributed by atoms with E-state index in [9.17, 15) is 9.18 Å². The number of hydrogen-bond acceptors (Lipinski definition) is 2. The van der Waals surface area contributed by atoms with E-state index < -0.39 is 0 Å². The minimum Gasteiger partial charge on any atom is -0.309 e. The number of benzene rings is 2. The first kappa shape index (κ1) is 20.8. The number of likely N-dealkylation sites (tertiary alicyclic amines) is 1. The number of rotatable bonds is 6. The molecule has 1 amide bonds. The van der Waals surface area contributed by atoms with Gasteiger partial charge in [-0.2, -0.15) is 0 Å². The molecule has 0 radical (unpaired) electrons. The molecule has 0 spiro atoms. The minimum atomic E-state index is -0.383. The van der Waals surface area contributed by atoms with Gasteiger partial charge >= 0.3 is 0 Å². The average molecular weight is 403 g/mol. The zero-order valence-corrected chi connectivity index (χ0v) is 17.3. The number of carbonyl (C=O) groups excluding carboxylic acids is 1. The summed E-state index contributed by atoms with van der Waals surface area (Å²) in [5.41, 5.74) is 2.00. The van der Waals surface area contributed by atoms with Crippen molar-refractivity contribution in [3.05, 3.63) is 64.9 Å². The van der Waals surface area contributed by atoms with Crippen LogP contribution in [0, 0.1) is 11.7 Å². The number of carbonyl (C=O) groups is 1. The van der Waals surface area contributed by atoms with Crippen LogP contribution in [0.3, 0.4) is 0 Å². The van der Waals surface area contributed by atoms with Gasteiger partial charge in [0.2, 0.25) is 5.91 Å². The molecule has 5 heteroatoms. The van der Waals surface area contributed by atoms with Crippen LogP contribution in [-0.2, 0) is 11.3 Å². The SMILES string of the molecule is CC(C)CC(=O)N(c1ccccc1)C1CCN(Cc2ccc(F)c(Cl)c2)CC1. The molecule has 2 aromatic rings. The number of para-hydroxylation sites is 1. The third kappa shape index (κ3) is 5.33. The highest BCUT2D eigenvalue weighted by Gasteiger charge is 2.29. The Balaban J connectivity index is 1.66. The molecule has 0 aliphatic carbocycles. The molecule has 0 atom stereocenters. The fraction of sp³-hybridized carbons (Fsp3) is 0.435. The number of anilines is 1. The van der Waals surface area contributed by atoms with E-state index in [4.69, 9.17) is 11.6 Å². The van der Waals surface area contributed by atoms with Gasteiger partial charge in [-0.15, -0.1) is 0 Å². The van der Waals surface area contributed by atoms with Crippen LogP contribution in [0.2, 0.25) is 5.02 Å². The van der Waals surface area contributed by atoms with Crippen molar-refractivity contribution in [1.82, 2.24) is 4.90 Å². The second-order valence-electron chi connectivity index (χ2n) is 7.95. The van der Waals surface area contributed by atoms with Gasteiger partial charge in [0.1, 0.15) is 5.82 Å². The van der Waals surface area contributed by atoms with Crippen molar-refractivity contribution in [2.24, 2.45) is 5.92 Å². The molecule has 2 aromatic carbocycles. The standard InChI is InChI=1S/C23H28ClFN2O/c1-17(2)14-23(28)27(19-6-4-3-5-7-19)20-10-12-26(13-11-20)16-18-8-9-22(25)21(24)15-18/h3-9,15,17,20H,10-14,16H2,1-2H3. The van der Waals surface area contributed by atoms with Gasteiger partial charge in [-0.05, 0) is 48.6 Å². The van der Waals surface area contributed by atoms with Gasteiger partial charge in [-0.25, -0.2) is 4.39 Å². The molecule has 0 unspecified atom stereocenters. The van der Waals surface area contributed by atoms with E-state index in [0.717, 1.165) is 43.7 Å². The molecule has 1 heterocycles. The van der Waals surface area contributed by atoms with Crippen molar-refractivity contribution < 1.29 is 9.18 Å². The third-order valence-electron chi connectivity index (χ3n) is 5.20. The van der Waals surface area contributed by atoms with Crippen LogP contribution in [-0.4, -0.2) is 29.9 Å². The maximum Gasteiger partial charge on any atom is 0.227 e. The van der Waals surface area contributed by atoms with Crippen molar-refractivity contribution in [2.75, 3.05) is 18.0 Å². The van der Waals surface area contributed by atoms with Crippen LogP contribution in [0.25, 0.3) is 0 Å². The van der Waals surface area contributed by atoms with E-state index in [1.807, 2.05) is 35.2 Å². The van der Waals surface area contributed by atoms with Crippen LogP contribution in [0.1, 0.15) is 38.7 Å². The summed E-state index contributed by atoms with van der Waals surface area (Å²) in [5.74, 6) is 0.151. The van der Waals surface area contributed by atoms with Crippen LogP contribution in [0.5, 0.6) is 0 Å². The first-order chi connectivity index (χ1) is 13.4. The monoisotopic (exact) mass is 402 g/mol. The maximum absolute atomic E-state index is 13.4. The van der Waals surface area contributed by atoms with Crippen molar-refractivity contribution in [3.63, 3.8) is 0 Å². The summed E-state index contributed by atoms with van der Waals surface area (Å²) in [7, 11) is 0. The summed E-state index contributed by atoms with van der Waals surface area (Å²) in [6.45, 7) is 6.71. The number of nitrogens with zero attached hydrogens (tertiary/aromatic N) is 2. The molecule has 0 bridgehead atoms. The van der Waals surface area contributed by atoms with Gasteiger partial charge in [0.15, 0.2) is 0 Å². The van der Waals surface area contributed by atoms with Gasteiger partial charge in [-0.3, -0.25) is 9.69 Å². The van der Waals surface area contributed by atoms with Gasteiger partial charge in [0.25, 0.3) is 0 Å². The molecule has 3 nitrogen and oxygen atoms in total. The summed E-state index contributed by atoms with van der Waals surface area (Å²) in [5, 5.41) is 0.168. The summed E-state index contributed by atoms with van der Waals surface area (Å²) in [6.07, 6.45) is 2.41. The highest BCUT2D eigenvalue weighted by atomic mass is 35.5. The molecular formula is C23H28ClFN2O. The number of amides is 1. The Morgan fingerprint density at radius 3 is 2.46 bits per heavy atom. The molecular weight excluding hydrogens is 375 g/mol. The minimum absolute atomic E-state index is 0.168. The summed E-state index contributed by atoms with van der Waals surface area (Å²) in [4.78, 5) is 17.3. The normalized spacial score (nSPS) is 15.8.